The highest BCUT2D eigenvalue weighted by Gasteiger charge is 2.38. The van der Waals surface area contributed by atoms with Crippen molar-refractivity contribution in [3.8, 4) is 0 Å². The number of hydrogen-bond acceptors (Lipinski definition) is 7. The van der Waals surface area contributed by atoms with Gasteiger partial charge in [0.15, 0.2) is 5.01 Å². The van der Waals surface area contributed by atoms with Gasteiger partial charge in [-0.1, -0.05) is 11.6 Å². The second-order valence-corrected chi connectivity index (χ2v) is 11.5. The monoisotopic (exact) mass is 565 g/mol. The predicted octanol–water partition coefficient (Wildman–Crippen LogP) is 0.817. The Labute approximate surface area is 228 Å². The Morgan fingerprint density at radius 2 is 1.95 bits per heavy atom. The quantitative estimate of drug-likeness (QED) is 0.364. The molecule has 1 aliphatic heterocycles. The third-order valence-electron chi connectivity index (χ3n) is 6.85. The van der Waals surface area contributed by atoms with E-state index in [1.165, 1.54) is 28.4 Å². The van der Waals surface area contributed by atoms with Crippen molar-refractivity contribution in [2.45, 2.75) is 44.3 Å². The summed E-state index contributed by atoms with van der Waals surface area (Å²) in [6, 6.07) is 2.65. The van der Waals surface area contributed by atoms with Crippen LogP contribution in [0, 0.1) is 11.7 Å². The fourth-order valence-electron chi connectivity index (χ4n) is 4.80. The summed E-state index contributed by atoms with van der Waals surface area (Å²) in [5, 5.41) is 6.95. The topological polar surface area (TPSA) is 128 Å². The third-order valence-corrected chi connectivity index (χ3v) is 8.24. The minimum atomic E-state index is -0.880. The molecule has 1 aromatic heterocycles. The number of nitrogens with two attached hydrogens (primary N) is 1. The minimum absolute atomic E-state index is 0.0593. The average molecular weight is 566 g/mol. The number of hydrogen-bond donors (Lipinski definition) is 3. The van der Waals surface area contributed by atoms with Crippen molar-refractivity contribution in [3.63, 3.8) is 0 Å². The number of amides is 4. The second kappa shape index (κ2) is 11.9. The SMILES string of the molecule is CN1CCc2nc(C(=O)N[C@@H]3C[C@@H](C(=O)N(C)C)CC[C@@H]3NC(=O)C(=O)[NH2+]c3ccc(Cl)c(F)c3)sc2C1. The van der Waals surface area contributed by atoms with E-state index >= 15 is 0 Å². The van der Waals surface area contributed by atoms with Gasteiger partial charge in [-0.25, -0.2) is 19.5 Å². The van der Waals surface area contributed by atoms with Crippen molar-refractivity contribution >= 4 is 52.3 Å². The fourth-order valence-corrected chi connectivity index (χ4v) is 6.01. The number of nitrogens with one attached hydrogen (secondary N) is 2. The van der Waals surface area contributed by atoms with Gasteiger partial charge in [-0.15, -0.1) is 11.3 Å². The highest BCUT2D eigenvalue weighted by atomic mass is 35.5. The average Bonchev–Trinajstić information content (AvgIpc) is 3.30. The Balaban J connectivity index is 1.46. The minimum Gasteiger partial charge on any atom is -0.349 e. The van der Waals surface area contributed by atoms with E-state index in [9.17, 15) is 23.6 Å². The first kappa shape index (κ1) is 28.1. The van der Waals surface area contributed by atoms with Crippen molar-refractivity contribution in [1.82, 2.24) is 25.4 Å². The Hall–Kier alpha value is -2.93. The summed E-state index contributed by atoms with van der Waals surface area (Å²) in [5.74, 6) is -3.20. The molecule has 204 valence electrons. The highest BCUT2D eigenvalue weighted by molar-refractivity contribution is 7.13. The maximum absolute atomic E-state index is 13.7. The first-order chi connectivity index (χ1) is 18.0. The molecule has 10 nitrogen and oxygen atoms in total. The highest BCUT2D eigenvalue weighted by Crippen LogP contribution is 2.28. The van der Waals surface area contributed by atoms with Crippen LogP contribution in [0.2, 0.25) is 5.02 Å². The summed E-state index contributed by atoms with van der Waals surface area (Å²) >= 11 is 7.02. The molecule has 0 unspecified atom stereocenters. The van der Waals surface area contributed by atoms with Crippen molar-refractivity contribution in [2.75, 3.05) is 27.7 Å². The molecule has 2 heterocycles. The molecular weight excluding hydrogens is 535 g/mol. The maximum Gasteiger partial charge on any atom is 0.405 e. The lowest BCUT2D eigenvalue weighted by molar-refractivity contribution is -0.478. The van der Waals surface area contributed by atoms with Gasteiger partial charge >= 0.3 is 11.8 Å². The van der Waals surface area contributed by atoms with Crippen LogP contribution in [-0.2, 0) is 27.3 Å². The molecule has 0 saturated heterocycles. The molecule has 0 radical (unpaired) electrons. The summed E-state index contributed by atoms with van der Waals surface area (Å²) in [5.41, 5.74) is 1.13. The zero-order valence-electron chi connectivity index (χ0n) is 21.4. The summed E-state index contributed by atoms with van der Waals surface area (Å²) in [4.78, 5) is 60.4. The van der Waals surface area contributed by atoms with E-state index in [1.54, 1.807) is 14.1 Å². The Kier molecular flexibility index (Phi) is 8.76. The molecule has 1 aliphatic carbocycles. The maximum atomic E-state index is 13.7. The standard InChI is InChI=1S/C25H30ClFN6O4S/c1-32(2)25(37)13-4-7-17(29-22(35)21(34)28-14-5-6-15(26)16(27)11-14)19(10-13)30-23(36)24-31-18-8-9-33(3)12-20(18)38-24/h5-6,11,13,17,19H,4,7-10,12H2,1-3H3,(H,28,34)(H,29,35)(H,30,36)/p+1/t13-,17-,19+/m0/s1. The number of rotatable bonds is 5. The third kappa shape index (κ3) is 6.55. The van der Waals surface area contributed by atoms with Crippen molar-refractivity contribution in [1.29, 1.82) is 0 Å². The smallest absolute Gasteiger partial charge is 0.349 e. The van der Waals surface area contributed by atoms with Gasteiger partial charge in [0.25, 0.3) is 5.91 Å². The van der Waals surface area contributed by atoms with Gasteiger partial charge in [0.1, 0.15) is 11.5 Å². The molecule has 13 heteroatoms. The van der Waals surface area contributed by atoms with E-state index in [0.717, 1.165) is 41.5 Å². The number of fused-ring (bicyclic) bond motifs is 1. The van der Waals surface area contributed by atoms with Crippen molar-refractivity contribution < 1.29 is 28.9 Å². The molecule has 2 aromatic rings. The lowest BCUT2D eigenvalue weighted by Gasteiger charge is -2.36. The van der Waals surface area contributed by atoms with Gasteiger partial charge in [0.05, 0.1) is 16.8 Å². The molecular formula is C25H31ClFN6O4S+. The number of nitrogens with zero attached hydrogens (tertiary/aromatic N) is 3. The van der Waals surface area contributed by atoms with E-state index in [-0.39, 0.29) is 28.4 Å². The van der Waals surface area contributed by atoms with Crippen molar-refractivity contribution in [2.24, 2.45) is 5.92 Å². The molecule has 4 N–H and O–H groups in total. The molecule has 2 aliphatic rings. The van der Waals surface area contributed by atoms with E-state index in [1.807, 2.05) is 7.05 Å². The van der Waals surface area contributed by atoms with Crippen LogP contribution in [0.25, 0.3) is 0 Å². The zero-order valence-corrected chi connectivity index (χ0v) is 23.0. The molecule has 38 heavy (non-hydrogen) atoms. The first-order valence-electron chi connectivity index (χ1n) is 12.4. The van der Waals surface area contributed by atoms with E-state index < -0.39 is 29.7 Å². The van der Waals surface area contributed by atoms with Crippen LogP contribution in [-0.4, -0.2) is 78.2 Å². The molecule has 1 saturated carbocycles. The number of benzene rings is 1. The molecule has 0 bridgehead atoms. The van der Waals surface area contributed by atoms with Crippen LogP contribution in [0.1, 0.15) is 39.6 Å². The number of aromatic nitrogens is 1. The van der Waals surface area contributed by atoms with Crippen LogP contribution < -0.4 is 16.0 Å². The Bertz CT molecular complexity index is 1250. The van der Waals surface area contributed by atoms with Crippen LogP contribution in [0.5, 0.6) is 0 Å². The van der Waals surface area contributed by atoms with Gasteiger partial charge < -0.3 is 20.4 Å². The van der Waals surface area contributed by atoms with Crippen LogP contribution >= 0.6 is 22.9 Å². The van der Waals surface area contributed by atoms with Gasteiger partial charge in [0, 0.05) is 62.6 Å². The normalized spacial score (nSPS) is 21.3. The number of carbonyl (C=O) groups is 4. The number of thiazole rings is 1. The van der Waals surface area contributed by atoms with Crippen molar-refractivity contribution in [3.05, 3.63) is 44.6 Å². The Morgan fingerprint density at radius 1 is 1.18 bits per heavy atom. The Morgan fingerprint density at radius 3 is 2.66 bits per heavy atom. The molecule has 4 amide bonds. The summed E-state index contributed by atoms with van der Waals surface area (Å²) in [6.07, 6.45) is 1.96. The number of halogens is 2. The van der Waals surface area contributed by atoms with Gasteiger partial charge in [0.2, 0.25) is 5.91 Å². The number of primary amides is 1. The zero-order chi connectivity index (χ0) is 27.6. The van der Waals surface area contributed by atoms with E-state index in [0.29, 0.717) is 24.3 Å². The lowest BCUT2D eigenvalue weighted by atomic mass is 9.81. The largest absolute Gasteiger partial charge is 0.405 e. The van der Waals surface area contributed by atoms with Gasteiger partial charge in [-0.05, 0) is 32.4 Å². The van der Waals surface area contributed by atoms with Gasteiger partial charge in [-0.2, -0.15) is 0 Å². The number of carbonyl (C=O) groups excluding carboxylic acids is 4. The molecule has 1 fully saturated rings. The van der Waals surface area contributed by atoms with E-state index in [4.69, 9.17) is 11.6 Å². The number of quaternary nitrogens is 1. The van der Waals surface area contributed by atoms with Crippen LogP contribution in [0.4, 0.5) is 10.1 Å². The van der Waals surface area contributed by atoms with Crippen LogP contribution in [0.15, 0.2) is 18.2 Å². The predicted molar refractivity (Wildman–Crippen MR) is 139 cm³/mol. The molecule has 3 atom stereocenters. The second-order valence-electron chi connectivity index (χ2n) is 9.96. The summed E-state index contributed by atoms with van der Waals surface area (Å²) in [7, 11) is 5.37. The summed E-state index contributed by atoms with van der Waals surface area (Å²) < 4.78 is 13.7. The van der Waals surface area contributed by atoms with Crippen LogP contribution in [0.3, 0.4) is 0 Å². The van der Waals surface area contributed by atoms with Gasteiger partial charge in [-0.3, -0.25) is 14.4 Å². The summed E-state index contributed by atoms with van der Waals surface area (Å²) in [6.45, 7) is 1.61. The lowest BCUT2D eigenvalue weighted by Crippen LogP contribution is -2.85. The van der Waals surface area contributed by atoms with E-state index in [2.05, 4.69) is 20.5 Å². The number of likely N-dealkylation sites (N-methyl/N-ethyl adjacent to an activating group) is 1. The first-order valence-corrected chi connectivity index (χ1v) is 13.5. The fraction of sp³-hybridized carbons (Fsp3) is 0.480. The molecule has 0 spiro atoms. The molecule has 1 aromatic carbocycles. The molecule has 4 rings (SSSR count).